The quantitative estimate of drug-likeness (QED) is 0.136. The molecular weight excluding hydrogens is 548 g/mol. The number of rotatable bonds is 6. The third kappa shape index (κ3) is 5.58. The molecule has 5 aromatic carbocycles. The lowest BCUT2D eigenvalue weighted by Crippen LogP contribution is -2.01. The van der Waals surface area contributed by atoms with Gasteiger partial charge in [0, 0.05) is 35.1 Å². The molecule has 0 amide bonds. The van der Waals surface area contributed by atoms with Gasteiger partial charge in [-0.1, -0.05) is 35.4 Å². The molecule has 0 bridgehead atoms. The van der Waals surface area contributed by atoms with Crippen LogP contribution in [0.15, 0.2) is 60.7 Å². The van der Waals surface area contributed by atoms with Crippen molar-refractivity contribution in [2.45, 2.75) is 61.3 Å². The highest BCUT2D eigenvalue weighted by Crippen LogP contribution is 2.46. The molecule has 0 fully saturated rings. The Bertz CT molecular complexity index is 1800. The predicted molar refractivity (Wildman–Crippen MR) is 177 cm³/mol. The molecule has 5 aromatic rings. The van der Waals surface area contributed by atoms with Gasteiger partial charge >= 0.3 is 0 Å². The Labute approximate surface area is 259 Å². The summed E-state index contributed by atoms with van der Waals surface area (Å²) in [5.74, 6) is 0.796. The fourth-order valence-corrected chi connectivity index (χ4v) is 6.22. The molecule has 0 aliphatic heterocycles. The SMILES string of the molecule is Cc1ccc(O)c(Cc2c(C)c(-c3cc(C)cc(-c4cc(C)c(O)c(Cc5cc(C)ccc5O)c4C)c3O)cc(C)c2O)c1. The molecule has 5 N–H and O–H groups in total. The smallest absolute Gasteiger partial charge is 0.131 e. The first-order chi connectivity index (χ1) is 20.8. The normalized spacial score (nSPS) is 11.2. The topological polar surface area (TPSA) is 101 Å². The number of hydrogen-bond acceptors (Lipinski definition) is 5. The monoisotopic (exact) mass is 588 g/mol. The summed E-state index contributed by atoms with van der Waals surface area (Å²) in [5, 5.41) is 55.2. The minimum absolute atomic E-state index is 0.102. The molecule has 0 atom stereocenters. The van der Waals surface area contributed by atoms with Crippen molar-refractivity contribution < 1.29 is 25.5 Å². The summed E-state index contributed by atoms with van der Waals surface area (Å²) in [6.07, 6.45) is 0.676. The van der Waals surface area contributed by atoms with E-state index in [0.717, 1.165) is 50.1 Å². The summed E-state index contributed by atoms with van der Waals surface area (Å²) in [6, 6.07) is 18.5. The van der Waals surface area contributed by atoms with Crippen molar-refractivity contribution in [1.29, 1.82) is 0 Å². The summed E-state index contributed by atoms with van der Waals surface area (Å²) in [5.41, 5.74) is 11.6. The number of phenolic OH excluding ortho intramolecular Hbond substituents is 5. The van der Waals surface area contributed by atoms with E-state index in [1.165, 1.54) is 0 Å². The molecule has 5 nitrogen and oxygen atoms in total. The minimum atomic E-state index is 0.102. The minimum Gasteiger partial charge on any atom is -0.508 e. The summed E-state index contributed by atoms with van der Waals surface area (Å²) in [7, 11) is 0. The van der Waals surface area contributed by atoms with Gasteiger partial charge in [-0.3, -0.25) is 0 Å². The first-order valence-electron chi connectivity index (χ1n) is 14.8. The van der Waals surface area contributed by atoms with Gasteiger partial charge in [-0.25, -0.2) is 0 Å². The zero-order valence-electron chi connectivity index (χ0n) is 26.4. The molecule has 0 unspecified atom stereocenters. The molecule has 44 heavy (non-hydrogen) atoms. The number of phenols is 5. The van der Waals surface area contributed by atoms with Crippen LogP contribution in [0.2, 0.25) is 0 Å². The maximum Gasteiger partial charge on any atom is 0.131 e. The van der Waals surface area contributed by atoms with E-state index < -0.39 is 0 Å². The average molecular weight is 589 g/mol. The molecule has 0 aromatic heterocycles. The Hall–Kier alpha value is -4.90. The number of benzene rings is 5. The van der Waals surface area contributed by atoms with Gasteiger partial charge in [-0.2, -0.15) is 0 Å². The van der Waals surface area contributed by atoms with Crippen molar-refractivity contribution in [1.82, 2.24) is 0 Å². The first-order valence-corrected chi connectivity index (χ1v) is 14.8. The predicted octanol–water partition coefficient (Wildman–Crippen LogP) is 8.89. The van der Waals surface area contributed by atoms with Crippen LogP contribution < -0.4 is 0 Å². The van der Waals surface area contributed by atoms with Gasteiger partial charge in [0.15, 0.2) is 0 Å². The maximum absolute atomic E-state index is 11.9. The van der Waals surface area contributed by atoms with Gasteiger partial charge in [0.2, 0.25) is 0 Å². The summed E-state index contributed by atoms with van der Waals surface area (Å²) >= 11 is 0. The van der Waals surface area contributed by atoms with Crippen LogP contribution in [-0.4, -0.2) is 25.5 Å². The van der Waals surface area contributed by atoms with Crippen LogP contribution in [0.3, 0.4) is 0 Å². The number of hydrogen-bond donors (Lipinski definition) is 5. The number of aryl methyl sites for hydroxylation is 5. The molecule has 226 valence electrons. The standard InChI is InChI=1S/C39H40O5/c1-20-8-10-35(40)27(12-20)18-31-25(6)29(16-23(4)37(31)42)33-14-22(3)15-34(39(33)44)30-17-24(5)38(43)32(26(30)7)19-28-13-21(2)9-11-36(28)41/h8-17,40-44H,18-19H2,1-7H3. The summed E-state index contributed by atoms with van der Waals surface area (Å²) in [6.45, 7) is 13.5. The Morgan fingerprint density at radius 1 is 0.409 bits per heavy atom. The lowest BCUT2D eigenvalue weighted by Gasteiger charge is -2.21. The highest BCUT2D eigenvalue weighted by Gasteiger charge is 2.23. The molecule has 5 rings (SSSR count). The lowest BCUT2D eigenvalue weighted by atomic mass is 9.85. The largest absolute Gasteiger partial charge is 0.508 e. The van der Waals surface area contributed by atoms with E-state index in [0.29, 0.717) is 46.2 Å². The molecule has 0 aliphatic carbocycles. The highest BCUT2D eigenvalue weighted by molar-refractivity contribution is 5.87. The highest BCUT2D eigenvalue weighted by atomic mass is 16.3. The fourth-order valence-electron chi connectivity index (χ4n) is 6.22. The second kappa shape index (κ2) is 11.6. The van der Waals surface area contributed by atoms with Crippen LogP contribution >= 0.6 is 0 Å². The first kappa shape index (κ1) is 30.6. The van der Waals surface area contributed by atoms with Crippen LogP contribution in [0.5, 0.6) is 28.7 Å². The van der Waals surface area contributed by atoms with E-state index in [2.05, 4.69) is 0 Å². The average Bonchev–Trinajstić information content (AvgIpc) is 2.97. The van der Waals surface area contributed by atoms with E-state index in [-0.39, 0.29) is 28.7 Å². The van der Waals surface area contributed by atoms with Gasteiger partial charge in [0.05, 0.1) is 0 Å². The lowest BCUT2D eigenvalue weighted by molar-refractivity contribution is 0.459. The molecule has 5 heteroatoms. The van der Waals surface area contributed by atoms with Crippen LogP contribution in [-0.2, 0) is 12.8 Å². The Morgan fingerprint density at radius 3 is 1.18 bits per heavy atom. The Kier molecular flexibility index (Phi) is 8.09. The zero-order chi connectivity index (χ0) is 32.0. The van der Waals surface area contributed by atoms with Crippen molar-refractivity contribution in [3.8, 4) is 51.0 Å². The van der Waals surface area contributed by atoms with Crippen molar-refractivity contribution >= 4 is 0 Å². The molecule has 0 radical (unpaired) electrons. The molecular formula is C39H40O5. The second-order valence-corrected chi connectivity index (χ2v) is 12.2. The molecule has 0 aliphatic rings. The van der Waals surface area contributed by atoms with Crippen LogP contribution in [0, 0.1) is 48.5 Å². The third-order valence-electron chi connectivity index (χ3n) is 8.79. The van der Waals surface area contributed by atoms with Crippen LogP contribution in [0.25, 0.3) is 22.3 Å². The second-order valence-electron chi connectivity index (χ2n) is 12.2. The third-order valence-corrected chi connectivity index (χ3v) is 8.79. The molecule has 0 heterocycles. The Morgan fingerprint density at radius 2 is 0.795 bits per heavy atom. The van der Waals surface area contributed by atoms with Crippen molar-refractivity contribution in [2.24, 2.45) is 0 Å². The van der Waals surface area contributed by atoms with E-state index >= 15 is 0 Å². The van der Waals surface area contributed by atoms with E-state index in [9.17, 15) is 25.5 Å². The zero-order valence-corrected chi connectivity index (χ0v) is 26.4. The summed E-state index contributed by atoms with van der Waals surface area (Å²) < 4.78 is 0. The van der Waals surface area contributed by atoms with Crippen LogP contribution in [0.4, 0.5) is 0 Å². The Balaban J connectivity index is 1.68. The van der Waals surface area contributed by atoms with Gasteiger partial charge < -0.3 is 25.5 Å². The fraction of sp³-hybridized carbons (Fsp3) is 0.231. The number of aromatic hydroxyl groups is 5. The maximum atomic E-state index is 11.9. The van der Waals surface area contributed by atoms with Gasteiger partial charge in [-0.15, -0.1) is 0 Å². The molecule has 0 saturated carbocycles. The van der Waals surface area contributed by atoms with Gasteiger partial charge in [0.1, 0.15) is 28.7 Å². The van der Waals surface area contributed by atoms with Crippen LogP contribution in [0.1, 0.15) is 61.2 Å². The molecule has 0 spiro atoms. The van der Waals surface area contributed by atoms with Crippen molar-refractivity contribution in [2.75, 3.05) is 0 Å². The van der Waals surface area contributed by atoms with E-state index in [4.69, 9.17) is 0 Å². The van der Waals surface area contributed by atoms with Crippen molar-refractivity contribution in [3.05, 3.63) is 122 Å². The van der Waals surface area contributed by atoms with Crippen molar-refractivity contribution in [3.63, 3.8) is 0 Å². The van der Waals surface area contributed by atoms with E-state index in [1.807, 2.05) is 97.0 Å². The van der Waals surface area contributed by atoms with E-state index in [1.54, 1.807) is 12.1 Å². The van der Waals surface area contributed by atoms with Gasteiger partial charge in [0.25, 0.3) is 0 Å². The molecule has 0 saturated heterocycles. The summed E-state index contributed by atoms with van der Waals surface area (Å²) in [4.78, 5) is 0. The van der Waals surface area contributed by atoms with Gasteiger partial charge in [-0.05, 0) is 135 Å².